The normalized spacial score (nSPS) is 12.0. The molecule has 0 amide bonds. The van der Waals surface area contributed by atoms with Crippen LogP contribution in [0.3, 0.4) is 0 Å². The Balaban J connectivity index is 0.000000178. The molecule has 0 aliphatic carbocycles. The van der Waals surface area contributed by atoms with Gasteiger partial charge in [-0.05, 0) is 108 Å². The fourth-order valence-corrected chi connectivity index (χ4v) is 10.9. The Bertz CT molecular complexity index is 4610. The average molecular weight is 1210 g/mol. The minimum absolute atomic E-state index is 0. The number of guanidine groups is 2. The van der Waals surface area contributed by atoms with Crippen molar-refractivity contribution in [2.45, 2.75) is 37.5 Å². The molecule has 1 radical (unpaired) electrons. The average Bonchev–Trinajstić information content (AvgIpc) is 4.42. The van der Waals surface area contributed by atoms with Gasteiger partial charge in [0.15, 0.2) is 0 Å². The molecule has 85 heavy (non-hydrogen) atoms. The predicted molar refractivity (Wildman–Crippen MR) is 322 cm³/mol. The summed E-state index contributed by atoms with van der Waals surface area (Å²) in [4.78, 5) is 42.4. The van der Waals surface area contributed by atoms with Gasteiger partial charge in [0.2, 0.25) is 0 Å². The SMILES string of the molecule is Cc1ccccc1NC(N)=[NH+]c1ccccc1C.Cc1ccccc1NC(N)=[NH+]c1ccccc1C.O=S(=O)([O-])c1cccc2c1-c1nc-2nc2[n-]c(nc3nc(nc4[n-]c(n1)c1ccccc41)-c1cccc(S(=O)(=O)[O-])c1-3)c1ccccc21.[Cu]. The van der Waals surface area contributed by atoms with Crippen molar-refractivity contribution in [1.29, 1.82) is 0 Å². The summed E-state index contributed by atoms with van der Waals surface area (Å²) >= 11 is 0. The summed E-state index contributed by atoms with van der Waals surface area (Å²) < 4.78 is 74.5. The number of aromatic nitrogens is 8. The van der Waals surface area contributed by atoms with Crippen LogP contribution in [-0.4, -0.2) is 67.8 Å². The van der Waals surface area contributed by atoms with Crippen LogP contribution in [0.5, 0.6) is 0 Å². The van der Waals surface area contributed by atoms with Gasteiger partial charge in [0.25, 0.3) is 0 Å². The maximum atomic E-state index is 12.4. The van der Waals surface area contributed by atoms with Gasteiger partial charge in [0, 0.05) is 61.9 Å². The molecule has 5 heterocycles. The van der Waals surface area contributed by atoms with E-state index in [1.165, 1.54) is 24.3 Å². The Hall–Kier alpha value is -10.0. The van der Waals surface area contributed by atoms with Crippen LogP contribution in [0.4, 0.5) is 22.7 Å². The van der Waals surface area contributed by atoms with Crippen LogP contribution in [0.1, 0.15) is 22.3 Å². The van der Waals surface area contributed by atoms with E-state index >= 15 is 0 Å². The number of fused-ring (bicyclic) bond motifs is 20. The van der Waals surface area contributed by atoms with E-state index in [2.05, 4.69) is 60.5 Å². The molecule has 0 saturated heterocycles. The van der Waals surface area contributed by atoms with E-state index in [0.29, 0.717) is 33.5 Å². The van der Waals surface area contributed by atoms with Gasteiger partial charge < -0.3 is 39.0 Å². The number of benzene rings is 8. The van der Waals surface area contributed by atoms with Gasteiger partial charge in [0.1, 0.15) is 43.0 Å². The molecule has 0 fully saturated rings. The fraction of sp³-hybridized carbons (Fsp3) is 0.0645. The summed E-state index contributed by atoms with van der Waals surface area (Å²) in [5.74, 6) is 0.917. The van der Waals surface area contributed by atoms with Gasteiger partial charge in [-0.2, -0.15) is 0 Å². The molecule has 8 bridgehead atoms. The predicted octanol–water partition coefficient (Wildman–Crippen LogP) is 6.82. The van der Waals surface area contributed by atoms with Crippen molar-refractivity contribution in [1.82, 2.24) is 39.9 Å². The molecule has 0 unspecified atom stereocenters. The number of nitrogens with two attached hydrogens (primary N) is 2. The van der Waals surface area contributed by atoms with Crippen LogP contribution in [0, 0.1) is 27.7 Å². The number of rotatable bonds is 6. The molecule has 3 aromatic heterocycles. The molecule has 2 aliphatic heterocycles. The van der Waals surface area contributed by atoms with E-state index in [1.807, 2.05) is 125 Å². The molecule has 0 saturated carbocycles. The van der Waals surface area contributed by atoms with Gasteiger partial charge in [-0.1, -0.05) is 146 Å². The summed E-state index contributed by atoms with van der Waals surface area (Å²) in [7, 11) is -9.94. The number of nitrogens with zero attached hydrogens (tertiary/aromatic N) is 8. The van der Waals surface area contributed by atoms with Gasteiger partial charge in [-0.3, -0.25) is 11.5 Å². The molecule has 2 aliphatic rings. The van der Waals surface area contributed by atoms with Crippen molar-refractivity contribution in [3.63, 3.8) is 0 Å². The summed E-state index contributed by atoms with van der Waals surface area (Å²) in [5, 5.41) is 8.45. The summed E-state index contributed by atoms with van der Waals surface area (Å²) in [6, 6.07) is 54.4. The van der Waals surface area contributed by atoms with Crippen molar-refractivity contribution in [3.8, 4) is 45.6 Å². The number of nitrogens with one attached hydrogen (secondary N) is 4. The Morgan fingerprint density at radius 1 is 0.400 bits per heavy atom. The summed E-state index contributed by atoms with van der Waals surface area (Å²) in [6.07, 6.45) is 0. The van der Waals surface area contributed by atoms with E-state index in [-0.39, 0.29) is 85.2 Å². The maximum absolute atomic E-state index is 12.4. The smallest absolute Gasteiger partial charge is 0.351 e. The van der Waals surface area contributed by atoms with Crippen molar-refractivity contribution in [2.24, 2.45) is 11.5 Å². The van der Waals surface area contributed by atoms with Crippen LogP contribution in [0.15, 0.2) is 192 Å². The first-order valence-corrected chi connectivity index (χ1v) is 28.8. The maximum Gasteiger partial charge on any atom is 0.351 e. The summed E-state index contributed by atoms with van der Waals surface area (Å²) in [6.45, 7) is 8.18. The number of hydrogen-bond donors (Lipinski definition) is 6. The van der Waals surface area contributed by atoms with Crippen LogP contribution in [-0.2, 0) is 37.3 Å². The zero-order chi connectivity index (χ0) is 58.9. The fourth-order valence-electron chi connectivity index (χ4n) is 9.50. The Morgan fingerprint density at radius 3 is 1.04 bits per heavy atom. The topological polar surface area (TPSA) is 324 Å². The molecular formula is C62H50CuN14O6S2-2. The van der Waals surface area contributed by atoms with E-state index in [9.17, 15) is 25.9 Å². The first-order chi connectivity index (χ1) is 40.4. The summed E-state index contributed by atoms with van der Waals surface area (Å²) in [5.41, 5.74) is 21.6. The van der Waals surface area contributed by atoms with E-state index in [0.717, 1.165) is 45.0 Å². The zero-order valence-electron chi connectivity index (χ0n) is 45.6. The first-order valence-electron chi connectivity index (χ1n) is 26.0. The van der Waals surface area contributed by atoms with Gasteiger partial charge in [-0.15, -0.1) is 0 Å². The molecule has 8 N–H and O–H groups in total. The van der Waals surface area contributed by atoms with Crippen LogP contribution >= 0.6 is 0 Å². The molecule has 8 aromatic carbocycles. The van der Waals surface area contributed by atoms with Crippen molar-refractivity contribution in [3.05, 3.63) is 204 Å². The van der Waals surface area contributed by atoms with E-state index in [4.69, 9.17) is 11.5 Å². The van der Waals surface area contributed by atoms with Crippen LogP contribution in [0.2, 0.25) is 0 Å². The molecule has 0 spiro atoms. The van der Waals surface area contributed by atoms with Gasteiger partial charge in [-0.25, -0.2) is 47.4 Å². The third-order valence-electron chi connectivity index (χ3n) is 13.7. The second-order valence-corrected chi connectivity index (χ2v) is 22.1. The van der Waals surface area contributed by atoms with Crippen molar-refractivity contribution in [2.75, 3.05) is 10.6 Å². The van der Waals surface area contributed by atoms with Crippen molar-refractivity contribution >= 4 is 99.0 Å². The molecule has 0 atom stereocenters. The Labute approximate surface area is 498 Å². The minimum atomic E-state index is -4.97. The molecule has 23 heteroatoms. The van der Waals surface area contributed by atoms with E-state index in [1.54, 1.807) is 60.7 Å². The van der Waals surface area contributed by atoms with E-state index < -0.39 is 30.0 Å². The number of hydrogen-bond acceptors (Lipinski definition) is 12. The van der Waals surface area contributed by atoms with Crippen LogP contribution < -0.4 is 42.1 Å². The van der Waals surface area contributed by atoms with Gasteiger partial charge >= 0.3 is 11.9 Å². The number of para-hydroxylation sites is 4. The number of aryl methyl sites for hydroxylation is 4. The van der Waals surface area contributed by atoms with Gasteiger partial charge in [0.05, 0.1) is 33.1 Å². The Morgan fingerprint density at radius 2 is 0.706 bits per heavy atom. The molecule has 11 aromatic rings. The molecule has 20 nitrogen and oxygen atoms in total. The quantitative estimate of drug-likeness (QED) is 0.0430. The molecular weight excluding hydrogens is 1160 g/mol. The zero-order valence-corrected chi connectivity index (χ0v) is 48.2. The van der Waals surface area contributed by atoms with Crippen molar-refractivity contribution < 1.29 is 53.0 Å². The Kier molecular flexibility index (Phi) is 16.5. The second kappa shape index (κ2) is 24.1. The van der Waals surface area contributed by atoms with Crippen LogP contribution in [0.25, 0.3) is 89.7 Å². The molecule has 429 valence electrons. The third kappa shape index (κ3) is 12.4. The first kappa shape index (κ1) is 58.2. The standard InChI is InChI=1S/C32H16N8O6S2.2C15H17N3.Cu/c41-47(42,43)21-13-5-11-19-23(21)32-38-28-18-10-4-2-8-16(18)26(34-28)36-30-20-12-6-14-22(48(44,45)46)24(20)31(40-30)37-27-17-9-3-1-7-15(17)25(33-27)35-29(19)39-32;2*1-11-7-3-5-9-13(11)17-15(16)18-14-10-6-4-8-12(14)2;/h1-14H,(H2-2,33,34,35,36,37,38,39,40,41,42,43,44,45,46);2*3-10H,1-2H3,(H3,16,17,18);/q-2;;;. The second-order valence-electron chi connectivity index (χ2n) is 19.4. The number of anilines is 2. The minimum Gasteiger partial charge on any atom is -0.744 e. The monoisotopic (exact) mass is 1210 g/mol. The molecule has 13 rings (SSSR count). The largest absolute Gasteiger partial charge is 0.744 e. The third-order valence-corrected chi connectivity index (χ3v) is 15.4.